The van der Waals surface area contributed by atoms with Gasteiger partial charge in [0.1, 0.15) is 40.3 Å². The number of nitrogens with two attached hydrogens (primary N) is 3. The van der Waals surface area contributed by atoms with Crippen molar-refractivity contribution in [1.82, 2.24) is 39.3 Å². The van der Waals surface area contributed by atoms with Gasteiger partial charge in [-0.25, -0.2) is 49.6 Å². The van der Waals surface area contributed by atoms with E-state index in [1.165, 1.54) is 64.9 Å². The molecule has 0 saturated carbocycles. The van der Waals surface area contributed by atoms with Crippen LogP contribution in [0.25, 0.3) is 22.5 Å². The first kappa shape index (κ1) is 69.6. The molecule has 81 heavy (non-hydrogen) atoms. The van der Waals surface area contributed by atoms with Crippen LogP contribution in [0, 0.1) is 11.8 Å². The molecule has 2 aliphatic heterocycles. The Bertz CT molecular complexity index is 3050. The van der Waals surface area contributed by atoms with Crippen molar-refractivity contribution < 1.29 is 60.6 Å². The fourth-order valence-electron chi connectivity index (χ4n) is 8.03. The van der Waals surface area contributed by atoms with E-state index in [1.54, 1.807) is 53.0 Å². The highest BCUT2D eigenvalue weighted by Gasteiger charge is 2.22. The van der Waals surface area contributed by atoms with E-state index >= 15 is 0 Å². The fourth-order valence-corrected chi connectivity index (χ4v) is 9.33. The molecule has 0 atom stereocenters. The topological polar surface area (TPSA) is 337 Å². The Hall–Kier alpha value is -5.66. The molecule has 31 heteroatoms. The predicted molar refractivity (Wildman–Crippen MR) is 316 cm³/mol. The molecule has 2 fully saturated rings. The fraction of sp³-hybridized carbons (Fsp3) is 0.400. The van der Waals surface area contributed by atoms with Gasteiger partial charge in [0.25, 0.3) is 20.4 Å². The SMILES string of the molecule is COc1ccc(-c2cc(Cl)ncn2)cc1OC.COc1ccc(-c2cc(N3CCC(CCNS(N)(=O)=O)CC3)ncn2)cc1OC.COc1ccc(B(O)O)cc1OC.Cl.Clc1cc(Cl)ncn1.NS(=O)(=O)NCCC1CC[NH2+]CC1. The maximum Gasteiger partial charge on any atom is 0.488 e. The molecule has 6 aromatic rings. The van der Waals surface area contributed by atoms with Crippen LogP contribution in [0.4, 0.5) is 5.82 Å². The number of halogens is 4. The van der Waals surface area contributed by atoms with E-state index in [-0.39, 0.29) is 12.4 Å². The normalized spacial score (nSPS) is 13.3. The Morgan fingerprint density at radius 2 is 0.951 bits per heavy atom. The van der Waals surface area contributed by atoms with Crippen molar-refractivity contribution in [3.63, 3.8) is 0 Å². The van der Waals surface area contributed by atoms with Crippen molar-refractivity contribution in [2.24, 2.45) is 22.1 Å². The van der Waals surface area contributed by atoms with Crippen molar-refractivity contribution in [2.45, 2.75) is 38.5 Å². The molecule has 444 valence electrons. The summed E-state index contributed by atoms with van der Waals surface area (Å²) in [5, 5.41) is 30.9. The lowest BCUT2D eigenvalue weighted by Gasteiger charge is -2.32. The number of aromatic nitrogens is 6. The lowest BCUT2D eigenvalue weighted by atomic mass is 9.80. The standard InChI is InChI=1S/C19H27N5O4S.C12H11ClN2O2.C8H11BO4.C7H17N3O2S.C4H2Cl2N2.ClH/c1-27-17-4-3-15(11-18(17)28-2)16-12-19(22-13-21-16)24-9-6-14(7-10-24)5-8-23-29(20,25)26;1-16-10-4-3-8(5-11(10)17-2)9-6-12(13)15-7-14-9;1-12-7-4-3-6(9(10)11)5-8(7)13-2;8-13(11,12)10-6-3-7-1-4-9-5-2-7;5-3-1-4(6)8-2-7-3;/h3-4,11-14,23H,5-10H2,1-2H3,(H2,20,25,26);3-7H,1-2H3;3-5,10-11H,1-2H3;7,9-10H,1-6H2,(H2,8,11,12);1-2H;1H/p+1. The van der Waals surface area contributed by atoms with Crippen molar-refractivity contribution in [3.05, 3.63) is 107 Å². The number of nitrogens with zero attached hydrogens (tertiary/aromatic N) is 7. The van der Waals surface area contributed by atoms with Crippen LogP contribution in [0.2, 0.25) is 15.5 Å². The number of ether oxygens (including phenoxy) is 6. The Morgan fingerprint density at radius 3 is 1.36 bits per heavy atom. The third-order valence-electron chi connectivity index (χ3n) is 12.2. The summed E-state index contributed by atoms with van der Waals surface area (Å²) in [4.78, 5) is 26.3. The number of rotatable bonds is 18. The van der Waals surface area contributed by atoms with E-state index < -0.39 is 27.5 Å². The summed E-state index contributed by atoms with van der Waals surface area (Å²) in [5.41, 5.74) is 3.75. The lowest BCUT2D eigenvalue weighted by Crippen LogP contribution is -2.86. The van der Waals surface area contributed by atoms with Crippen LogP contribution in [0.15, 0.2) is 91.8 Å². The van der Waals surface area contributed by atoms with Gasteiger partial charge in [0.15, 0.2) is 34.5 Å². The minimum absolute atomic E-state index is 0. The van der Waals surface area contributed by atoms with E-state index in [1.807, 2.05) is 42.5 Å². The monoisotopic (exact) mass is 1250 g/mol. The summed E-state index contributed by atoms with van der Waals surface area (Å²) < 4.78 is 78.7. The zero-order valence-electron chi connectivity index (χ0n) is 45.6. The highest BCUT2D eigenvalue weighted by molar-refractivity contribution is 7.87. The van der Waals surface area contributed by atoms with Gasteiger partial charge in [-0.2, -0.15) is 16.8 Å². The van der Waals surface area contributed by atoms with Crippen LogP contribution in [-0.2, 0) is 20.4 Å². The third kappa shape index (κ3) is 25.6. The number of hydrogen-bond donors (Lipinski definition) is 7. The van der Waals surface area contributed by atoms with Gasteiger partial charge in [0, 0.05) is 55.5 Å². The van der Waals surface area contributed by atoms with E-state index in [0.717, 1.165) is 67.1 Å². The van der Waals surface area contributed by atoms with Crippen LogP contribution < -0.4 is 63.8 Å². The number of hydrogen-bond acceptors (Lipinski definition) is 19. The molecular formula is C50H70BCl4N12O12S2+. The number of anilines is 1. The second kappa shape index (κ2) is 36.0. The van der Waals surface area contributed by atoms with Gasteiger partial charge in [-0.3, -0.25) is 0 Å². The molecule has 2 saturated heterocycles. The van der Waals surface area contributed by atoms with Gasteiger partial charge in [0.2, 0.25) is 0 Å². The van der Waals surface area contributed by atoms with Crippen LogP contribution in [0.3, 0.4) is 0 Å². The highest BCUT2D eigenvalue weighted by Crippen LogP contribution is 2.34. The summed E-state index contributed by atoms with van der Waals surface area (Å²) in [5.74, 6) is 5.71. The van der Waals surface area contributed by atoms with Gasteiger partial charge in [-0.05, 0) is 104 Å². The molecule has 24 nitrogen and oxygen atoms in total. The molecule has 0 aliphatic carbocycles. The average Bonchev–Trinajstić information content (AvgIpc) is 3.45. The summed E-state index contributed by atoms with van der Waals surface area (Å²) in [6.07, 6.45) is 10.3. The van der Waals surface area contributed by atoms with Gasteiger partial charge in [0.05, 0.1) is 67.1 Å². The Balaban J connectivity index is 0.000000284. The van der Waals surface area contributed by atoms with E-state index in [0.29, 0.717) is 80.3 Å². The van der Waals surface area contributed by atoms with Crippen molar-refractivity contribution in [1.29, 1.82) is 0 Å². The van der Waals surface area contributed by atoms with Gasteiger partial charge < -0.3 is 48.7 Å². The summed E-state index contributed by atoms with van der Waals surface area (Å²) >= 11 is 16.6. The molecule has 0 spiro atoms. The third-order valence-corrected chi connectivity index (χ3v) is 14.0. The summed E-state index contributed by atoms with van der Waals surface area (Å²) in [6.45, 7) is 4.91. The van der Waals surface area contributed by atoms with E-state index in [2.05, 4.69) is 49.6 Å². The Labute approximate surface area is 494 Å². The predicted octanol–water partition coefficient (Wildman–Crippen LogP) is 4.11. The minimum atomic E-state index is -3.61. The number of benzene rings is 3. The Kier molecular flexibility index (Phi) is 31.0. The quantitative estimate of drug-likeness (QED) is 0.0470. The molecule has 2 aliphatic rings. The zero-order chi connectivity index (χ0) is 58.7. The Morgan fingerprint density at radius 1 is 0.556 bits per heavy atom. The molecular weight excluding hydrogens is 1180 g/mol. The van der Waals surface area contributed by atoms with Gasteiger partial charge in [-0.1, -0.05) is 40.9 Å². The largest absolute Gasteiger partial charge is 0.493 e. The molecule has 10 N–H and O–H groups in total. The second-order valence-corrected chi connectivity index (χ2v) is 21.4. The first-order chi connectivity index (χ1) is 38.2. The number of quaternary nitrogens is 1. The van der Waals surface area contributed by atoms with Crippen molar-refractivity contribution in [3.8, 4) is 57.0 Å². The minimum Gasteiger partial charge on any atom is -0.493 e. The summed E-state index contributed by atoms with van der Waals surface area (Å²) in [7, 11) is 0.831. The number of piperidine rings is 2. The summed E-state index contributed by atoms with van der Waals surface area (Å²) in [6, 6.07) is 21.1. The first-order valence-corrected chi connectivity index (χ1v) is 29.0. The van der Waals surface area contributed by atoms with Crippen LogP contribution in [0.1, 0.15) is 38.5 Å². The maximum absolute atomic E-state index is 11.0. The van der Waals surface area contributed by atoms with Gasteiger partial charge >= 0.3 is 7.12 Å². The van der Waals surface area contributed by atoms with Gasteiger partial charge in [-0.15, -0.1) is 12.4 Å². The molecule has 3 aromatic heterocycles. The molecule has 0 bridgehead atoms. The number of methoxy groups -OCH3 is 6. The number of nitrogens with one attached hydrogen (secondary N) is 2. The van der Waals surface area contributed by atoms with E-state index in [4.69, 9.17) is 83.5 Å². The maximum atomic E-state index is 11.0. The van der Waals surface area contributed by atoms with Crippen molar-refractivity contribution >= 4 is 86.0 Å². The van der Waals surface area contributed by atoms with Crippen LogP contribution >= 0.6 is 47.2 Å². The lowest BCUT2D eigenvalue weighted by molar-refractivity contribution is -0.664. The van der Waals surface area contributed by atoms with E-state index in [9.17, 15) is 16.8 Å². The van der Waals surface area contributed by atoms with Crippen LogP contribution in [-0.4, -0.2) is 146 Å². The first-order valence-electron chi connectivity index (χ1n) is 24.8. The zero-order valence-corrected chi connectivity index (χ0v) is 50.3. The molecule has 5 heterocycles. The molecule has 0 unspecified atom stereocenters. The molecule has 0 amide bonds. The molecule has 3 aromatic carbocycles. The molecule has 0 radical (unpaired) electrons. The van der Waals surface area contributed by atoms with Crippen LogP contribution in [0.5, 0.6) is 34.5 Å². The second-order valence-electron chi connectivity index (χ2n) is 17.5. The molecule has 8 rings (SSSR count). The average molecular weight is 1250 g/mol. The highest BCUT2D eigenvalue weighted by atomic mass is 35.5. The van der Waals surface area contributed by atoms with Crippen molar-refractivity contribution in [2.75, 3.05) is 86.8 Å². The smallest absolute Gasteiger partial charge is 0.488 e.